The van der Waals surface area contributed by atoms with E-state index in [2.05, 4.69) is 9.97 Å². The van der Waals surface area contributed by atoms with E-state index in [0.29, 0.717) is 32.8 Å². The summed E-state index contributed by atoms with van der Waals surface area (Å²) in [6.07, 6.45) is 5.57. The number of fused-ring (bicyclic) bond motifs is 1. The molecule has 7 nitrogen and oxygen atoms in total. The Morgan fingerprint density at radius 2 is 2.05 bits per heavy atom. The highest BCUT2D eigenvalue weighted by atomic mass is 16.5. The van der Waals surface area contributed by atoms with Crippen LogP contribution in [0.1, 0.15) is 6.42 Å². The van der Waals surface area contributed by atoms with Crippen molar-refractivity contribution in [3.05, 3.63) is 18.7 Å². The number of likely N-dealkylation sites (tertiary alicyclic amines) is 1. The van der Waals surface area contributed by atoms with Crippen molar-refractivity contribution in [2.24, 2.45) is 17.8 Å². The Balaban J connectivity index is 1.45. The summed E-state index contributed by atoms with van der Waals surface area (Å²) in [6, 6.07) is 0. The Morgan fingerprint density at radius 1 is 1.23 bits per heavy atom. The first-order valence-corrected chi connectivity index (χ1v) is 7.67. The standard InChI is InChI=1S/C15H18N4O3/c20-14(10-1-2-22-8-10)18-5-11-6-19(15(21)13(11)7-18)12-3-16-9-17-4-12/h3-4,9-11,13H,1-2,5-8H2/t10?,11-,13-/m0/s1. The van der Waals surface area contributed by atoms with Crippen LogP contribution in [-0.4, -0.2) is 59.5 Å². The first kappa shape index (κ1) is 13.6. The number of hydrogen-bond donors (Lipinski definition) is 0. The average molecular weight is 302 g/mol. The molecule has 116 valence electrons. The Labute approximate surface area is 128 Å². The number of ether oxygens (including phenoxy) is 1. The highest BCUT2D eigenvalue weighted by molar-refractivity contribution is 5.98. The van der Waals surface area contributed by atoms with E-state index >= 15 is 0 Å². The quantitative estimate of drug-likeness (QED) is 0.765. The molecule has 0 N–H and O–H groups in total. The minimum Gasteiger partial charge on any atom is -0.381 e. The number of carbonyl (C=O) groups is 2. The van der Waals surface area contributed by atoms with Gasteiger partial charge in [0.25, 0.3) is 0 Å². The lowest BCUT2D eigenvalue weighted by atomic mass is 10.0. The van der Waals surface area contributed by atoms with E-state index in [9.17, 15) is 9.59 Å². The summed E-state index contributed by atoms with van der Waals surface area (Å²) in [6.45, 7) is 3.02. The van der Waals surface area contributed by atoms with Crippen molar-refractivity contribution >= 4 is 17.5 Å². The summed E-state index contributed by atoms with van der Waals surface area (Å²) in [5.74, 6) is 0.324. The monoisotopic (exact) mass is 302 g/mol. The molecule has 1 aromatic heterocycles. The summed E-state index contributed by atoms with van der Waals surface area (Å²) in [5.41, 5.74) is 0.740. The number of amides is 2. The second kappa shape index (κ2) is 5.31. The predicted octanol–water partition coefficient (Wildman–Crippen LogP) is -0.0657. The van der Waals surface area contributed by atoms with Crippen LogP contribution < -0.4 is 4.90 Å². The summed E-state index contributed by atoms with van der Waals surface area (Å²) in [4.78, 5) is 36.6. The van der Waals surface area contributed by atoms with Gasteiger partial charge in [-0.15, -0.1) is 0 Å². The smallest absolute Gasteiger partial charge is 0.232 e. The van der Waals surface area contributed by atoms with Gasteiger partial charge < -0.3 is 14.5 Å². The summed E-state index contributed by atoms with van der Waals surface area (Å²) in [7, 11) is 0. The lowest BCUT2D eigenvalue weighted by molar-refractivity contribution is -0.134. The largest absolute Gasteiger partial charge is 0.381 e. The third kappa shape index (κ3) is 2.16. The van der Waals surface area contributed by atoms with Gasteiger partial charge >= 0.3 is 0 Å². The predicted molar refractivity (Wildman–Crippen MR) is 76.9 cm³/mol. The zero-order valence-electron chi connectivity index (χ0n) is 12.2. The molecule has 7 heteroatoms. The maximum absolute atomic E-state index is 12.6. The van der Waals surface area contributed by atoms with Crippen LogP contribution in [0.5, 0.6) is 0 Å². The van der Waals surface area contributed by atoms with Gasteiger partial charge in [0, 0.05) is 32.2 Å². The maximum atomic E-state index is 12.6. The van der Waals surface area contributed by atoms with Gasteiger partial charge in [0.1, 0.15) is 6.33 Å². The SMILES string of the molecule is O=C(C1CCOC1)N1C[C@H]2CN(c3cncnc3)C(=O)[C@H]2C1. The van der Waals surface area contributed by atoms with Crippen molar-refractivity contribution in [2.45, 2.75) is 6.42 Å². The Hall–Kier alpha value is -2.02. The van der Waals surface area contributed by atoms with E-state index in [-0.39, 0.29) is 29.6 Å². The second-order valence-corrected chi connectivity index (χ2v) is 6.22. The van der Waals surface area contributed by atoms with Crippen molar-refractivity contribution in [1.29, 1.82) is 0 Å². The number of rotatable bonds is 2. The van der Waals surface area contributed by atoms with Gasteiger partial charge in [-0.2, -0.15) is 0 Å². The Kier molecular flexibility index (Phi) is 3.29. The van der Waals surface area contributed by atoms with E-state index < -0.39 is 0 Å². The van der Waals surface area contributed by atoms with Crippen LogP contribution in [0, 0.1) is 17.8 Å². The fourth-order valence-electron chi connectivity index (χ4n) is 3.69. The molecule has 0 bridgehead atoms. The number of anilines is 1. The van der Waals surface area contributed by atoms with Gasteiger partial charge in [0.15, 0.2) is 0 Å². The summed E-state index contributed by atoms with van der Waals surface area (Å²) in [5, 5.41) is 0. The molecule has 4 rings (SSSR count). The van der Waals surface area contributed by atoms with Crippen LogP contribution in [0.15, 0.2) is 18.7 Å². The van der Waals surface area contributed by atoms with Crippen LogP contribution in [0.25, 0.3) is 0 Å². The average Bonchev–Trinajstić information content (AvgIpc) is 3.25. The topological polar surface area (TPSA) is 75.6 Å². The molecule has 1 aromatic rings. The fraction of sp³-hybridized carbons (Fsp3) is 0.600. The first-order valence-electron chi connectivity index (χ1n) is 7.67. The number of hydrogen-bond acceptors (Lipinski definition) is 5. The van der Waals surface area contributed by atoms with Crippen LogP contribution in [0.4, 0.5) is 5.69 Å². The molecular weight excluding hydrogens is 284 g/mol. The molecule has 3 aliphatic rings. The molecule has 0 spiro atoms. The molecule has 3 saturated heterocycles. The number of carbonyl (C=O) groups excluding carboxylic acids is 2. The minimum atomic E-state index is -0.0912. The highest BCUT2D eigenvalue weighted by Gasteiger charge is 2.48. The lowest BCUT2D eigenvalue weighted by Crippen LogP contribution is -2.38. The molecule has 0 aliphatic carbocycles. The molecule has 0 aromatic carbocycles. The van der Waals surface area contributed by atoms with Gasteiger partial charge in [0.2, 0.25) is 11.8 Å². The van der Waals surface area contributed by atoms with Crippen molar-refractivity contribution in [3.8, 4) is 0 Å². The molecule has 1 unspecified atom stereocenters. The normalized spacial score (nSPS) is 30.9. The van der Waals surface area contributed by atoms with Gasteiger partial charge in [-0.05, 0) is 6.42 Å². The van der Waals surface area contributed by atoms with Gasteiger partial charge in [0.05, 0.1) is 36.5 Å². The third-order valence-corrected chi connectivity index (χ3v) is 4.89. The van der Waals surface area contributed by atoms with Crippen LogP contribution in [-0.2, 0) is 14.3 Å². The van der Waals surface area contributed by atoms with Crippen molar-refractivity contribution in [2.75, 3.05) is 37.7 Å². The van der Waals surface area contributed by atoms with Crippen LogP contribution in [0.2, 0.25) is 0 Å². The molecule has 2 amide bonds. The van der Waals surface area contributed by atoms with Crippen molar-refractivity contribution < 1.29 is 14.3 Å². The van der Waals surface area contributed by atoms with E-state index in [1.54, 1.807) is 17.3 Å². The Morgan fingerprint density at radius 3 is 2.73 bits per heavy atom. The number of aromatic nitrogens is 2. The van der Waals surface area contributed by atoms with Gasteiger partial charge in [-0.25, -0.2) is 9.97 Å². The molecule has 22 heavy (non-hydrogen) atoms. The Bertz CT molecular complexity index is 588. The summed E-state index contributed by atoms with van der Waals surface area (Å²) >= 11 is 0. The van der Waals surface area contributed by atoms with Gasteiger partial charge in [-0.1, -0.05) is 0 Å². The van der Waals surface area contributed by atoms with E-state index in [1.165, 1.54) is 6.33 Å². The molecule has 3 aliphatic heterocycles. The van der Waals surface area contributed by atoms with E-state index in [0.717, 1.165) is 12.1 Å². The lowest BCUT2D eigenvalue weighted by Gasteiger charge is -2.23. The van der Waals surface area contributed by atoms with Crippen molar-refractivity contribution in [1.82, 2.24) is 14.9 Å². The molecule has 0 saturated carbocycles. The van der Waals surface area contributed by atoms with E-state index in [1.807, 2.05) is 4.90 Å². The number of nitrogens with zero attached hydrogens (tertiary/aromatic N) is 4. The molecule has 3 atom stereocenters. The molecule has 4 heterocycles. The van der Waals surface area contributed by atoms with Crippen LogP contribution >= 0.6 is 0 Å². The summed E-state index contributed by atoms with van der Waals surface area (Å²) < 4.78 is 5.29. The zero-order valence-corrected chi connectivity index (χ0v) is 12.2. The van der Waals surface area contributed by atoms with Gasteiger partial charge in [-0.3, -0.25) is 9.59 Å². The maximum Gasteiger partial charge on any atom is 0.232 e. The molecule has 0 radical (unpaired) electrons. The first-order chi connectivity index (χ1) is 10.7. The highest BCUT2D eigenvalue weighted by Crippen LogP contribution is 2.35. The zero-order chi connectivity index (χ0) is 15.1. The third-order valence-electron chi connectivity index (χ3n) is 4.89. The van der Waals surface area contributed by atoms with E-state index in [4.69, 9.17) is 4.74 Å². The van der Waals surface area contributed by atoms with Crippen LogP contribution in [0.3, 0.4) is 0 Å². The minimum absolute atomic E-state index is 0.0208. The fourth-order valence-corrected chi connectivity index (χ4v) is 3.69. The molecule has 3 fully saturated rings. The second-order valence-electron chi connectivity index (χ2n) is 6.22. The molecular formula is C15H18N4O3. The van der Waals surface area contributed by atoms with Crippen molar-refractivity contribution in [3.63, 3.8) is 0 Å².